The van der Waals surface area contributed by atoms with E-state index < -0.39 is 23.6 Å². The molecule has 3 aromatic rings. The van der Waals surface area contributed by atoms with Crippen molar-refractivity contribution < 1.29 is 28.8 Å². The van der Waals surface area contributed by atoms with Gasteiger partial charge in [-0.25, -0.2) is 4.79 Å². The second-order valence-corrected chi connectivity index (χ2v) is 7.81. The van der Waals surface area contributed by atoms with Gasteiger partial charge in [0.1, 0.15) is 6.61 Å². The normalized spacial score (nSPS) is 13.1. The maximum Gasteiger partial charge on any atom is 0.380 e. The van der Waals surface area contributed by atoms with Crippen LogP contribution in [0.15, 0.2) is 42.5 Å². The van der Waals surface area contributed by atoms with Gasteiger partial charge in [0.25, 0.3) is 17.6 Å². The lowest BCUT2D eigenvalue weighted by molar-refractivity contribution is -0.137. The third-order valence-electron chi connectivity index (χ3n) is 4.52. The molecule has 0 aliphatic carbocycles. The molecule has 0 N–H and O–H groups in total. The van der Waals surface area contributed by atoms with E-state index in [1.54, 1.807) is 37.3 Å². The molecule has 7 nitrogen and oxygen atoms in total. The molecule has 1 aromatic heterocycles. The number of hydroxylamine groups is 2. The number of hydrogen-bond acceptors (Lipinski definition) is 7. The summed E-state index contributed by atoms with van der Waals surface area (Å²) in [4.78, 5) is 55.3. The number of Topliss-reactive ketones (excluding diaryl/α,β-unsaturated/α-hetero) is 1. The van der Waals surface area contributed by atoms with Crippen LogP contribution in [0.25, 0.3) is 10.1 Å². The van der Waals surface area contributed by atoms with Crippen molar-refractivity contribution in [2.24, 2.45) is 0 Å². The Bertz CT molecular complexity index is 1180. The standard InChI is InChI=1S/C21H14ClNO6S/c1-2-28-21(27)17(24)18-15(12-8-7-11(22)9-16(12)30-18)10-29-23-19(25)13-5-3-4-6-14(13)20(23)26/h3-9H,2,10H2,1H3. The molecule has 1 aliphatic heterocycles. The number of ether oxygens (including phenoxy) is 1. The summed E-state index contributed by atoms with van der Waals surface area (Å²) < 4.78 is 5.48. The first-order chi connectivity index (χ1) is 14.4. The fourth-order valence-corrected chi connectivity index (χ4v) is 4.57. The summed E-state index contributed by atoms with van der Waals surface area (Å²) in [5.41, 5.74) is 0.862. The lowest BCUT2D eigenvalue weighted by Gasteiger charge is -2.14. The van der Waals surface area contributed by atoms with Crippen LogP contribution in [0.4, 0.5) is 0 Å². The predicted octanol–water partition coefficient (Wildman–Crippen LogP) is 4.03. The first-order valence-electron chi connectivity index (χ1n) is 8.95. The van der Waals surface area contributed by atoms with Crippen molar-refractivity contribution in [2.75, 3.05) is 6.61 Å². The minimum absolute atomic E-state index is 0.0577. The van der Waals surface area contributed by atoms with E-state index >= 15 is 0 Å². The highest BCUT2D eigenvalue weighted by Crippen LogP contribution is 2.35. The first kappa shape index (κ1) is 20.2. The fraction of sp³-hybridized carbons (Fsp3) is 0.143. The second kappa shape index (κ2) is 7.98. The van der Waals surface area contributed by atoms with Crippen LogP contribution in [-0.2, 0) is 21.0 Å². The minimum atomic E-state index is -0.989. The summed E-state index contributed by atoms with van der Waals surface area (Å²) in [5, 5.41) is 1.77. The Morgan fingerprint density at radius 3 is 2.37 bits per heavy atom. The number of carbonyl (C=O) groups is 4. The van der Waals surface area contributed by atoms with E-state index in [0.29, 0.717) is 25.7 Å². The van der Waals surface area contributed by atoms with Gasteiger partial charge in [-0.15, -0.1) is 16.4 Å². The molecule has 0 bridgehead atoms. The molecular formula is C21H14ClNO6S. The van der Waals surface area contributed by atoms with E-state index in [4.69, 9.17) is 21.2 Å². The van der Waals surface area contributed by atoms with Crippen LogP contribution < -0.4 is 0 Å². The zero-order chi connectivity index (χ0) is 21.4. The summed E-state index contributed by atoms with van der Waals surface area (Å²) in [6.07, 6.45) is 0. The second-order valence-electron chi connectivity index (χ2n) is 6.32. The Morgan fingerprint density at radius 2 is 1.73 bits per heavy atom. The smallest absolute Gasteiger partial charge is 0.380 e. The Labute approximate surface area is 179 Å². The highest BCUT2D eigenvalue weighted by molar-refractivity contribution is 7.21. The highest BCUT2D eigenvalue weighted by atomic mass is 35.5. The van der Waals surface area contributed by atoms with Crippen LogP contribution in [0.1, 0.15) is 42.9 Å². The molecule has 0 spiro atoms. The van der Waals surface area contributed by atoms with Crippen molar-refractivity contribution in [1.29, 1.82) is 0 Å². The zero-order valence-corrected chi connectivity index (χ0v) is 17.2. The number of nitrogens with zero attached hydrogens (tertiary/aromatic N) is 1. The Hall–Kier alpha value is -3.07. The molecule has 2 heterocycles. The molecule has 4 rings (SSSR count). The maximum absolute atomic E-state index is 12.6. The number of hydrogen-bond donors (Lipinski definition) is 0. The van der Waals surface area contributed by atoms with Crippen molar-refractivity contribution in [3.63, 3.8) is 0 Å². The molecule has 0 fully saturated rings. The van der Waals surface area contributed by atoms with Gasteiger partial charge in [0.05, 0.1) is 22.6 Å². The Kier molecular flexibility index (Phi) is 5.38. The average molecular weight is 444 g/mol. The summed E-state index contributed by atoms with van der Waals surface area (Å²) in [6, 6.07) is 11.4. The topological polar surface area (TPSA) is 90.0 Å². The molecule has 2 aromatic carbocycles. The van der Waals surface area contributed by atoms with Crippen LogP contribution in [0, 0.1) is 0 Å². The van der Waals surface area contributed by atoms with Gasteiger partial charge < -0.3 is 4.74 Å². The number of esters is 1. The largest absolute Gasteiger partial charge is 0.460 e. The van der Waals surface area contributed by atoms with Crippen LogP contribution >= 0.6 is 22.9 Å². The lowest BCUT2D eigenvalue weighted by Crippen LogP contribution is -2.30. The van der Waals surface area contributed by atoms with Crippen LogP contribution in [-0.4, -0.2) is 35.2 Å². The number of ketones is 1. The van der Waals surface area contributed by atoms with Crippen molar-refractivity contribution in [1.82, 2.24) is 5.06 Å². The number of imide groups is 1. The Morgan fingerprint density at radius 1 is 1.07 bits per heavy atom. The molecular weight excluding hydrogens is 430 g/mol. The van der Waals surface area contributed by atoms with E-state index in [2.05, 4.69) is 0 Å². The maximum atomic E-state index is 12.6. The molecule has 9 heteroatoms. The van der Waals surface area contributed by atoms with Gasteiger partial charge in [-0.1, -0.05) is 29.8 Å². The number of halogens is 1. The van der Waals surface area contributed by atoms with Gasteiger partial charge in [0.2, 0.25) is 0 Å². The van der Waals surface area contributed by atoms with E-state index in [9.17, 15) is 19.2 Å². The minimum Gasteiger partial charge on any atom is -0.460 e. The Balaban J connectivity index is 1.68. The zero-order valence-electron chi connectivity index (χ0n) is 15.6. The molecule has 30 heavy (non-hydrogen) atoms. The molecule has 1 aliphatic rings. The quantitative estimate of drug-likeness (QED) is 0.247. The average Bonchev–Trinajstić information content (AvgIpc) is 3.21. The van der Waals surface area contributed by atoms with Gasteiger partial charge in [0, 0.05) is 15.3 Å². The summed E-state index contributed by atoms with van der Waals surface area (Å²) in [7, 11) is 0. The van der Waals surface area contributed by atoms with Gasteiger partial charge in [-0.3, -0.25) is 19.2 Å². The van der Waals surface area contributed by atoms with Crippen molar-refractivity contribution in [3.05, 3.63) is 69.1 Å². The molecule has 0 atom stereocenters. The van der Waals surface area contributed by atoms with E-state index in [-0.39, 0.29) is 29.2 Å². The molecule has 0 saturated carbocycles. The van der Waals surface area contributed by atoms with Crippen LogP contribution in [0.3, 0.4) is 0 Å². The number of carbonyl (C=O) groups excluding carboxylic acids is 4. The molecule has 2 amide bonds. The monoisotopic (exact) mass is 443 g/mol. The third kappa shape index (κ3) is 3.39. The molecule has 152 valence electrons. The molecule has 0 radical (unpaired) electrons. The summed E-state index contributed by atoms with van der Waals surface area (Å²) in [5.74, 6) is -2.99. The van der Waals surface area contributed by atoms with Crippen molar-refractivity contribution >= 4 is 56.6 Å². The fourth-order valence-electron chi connectivity index (χ4n) is 3.15. The van der Waals surface area contributed by atoms with Gasteiger partial charge in [-0.2, -0.15) is 0 Å². The molecule has 0 unspecified atom stereocenters. The molecule has 0 saturated heterocycles. The summed E-state index contributed by atoms with van der Waals surface area (Å²) >= 11 is 7.11. The number of fused-ring (bicyclic) bond motifs is 2. The van der Waals surface area contributed by atoms with Gasteiger partial charge in [-0.05, 0) is 36.6 Å². The van der Waals surface area contributed by atoms with Crippen molar-refractivity contribution in [3.8, 4) is 0 Å². The van der Waals surface area contributed by atoms with Gasteiger partial charge in [0.15, 0.2) is 0 Å². The van der Waals surface area contributed by atoms with E-state index in [1.807, 2.05) is 0 Å². The number of rotatable bonds is 6. The van der Waals surface area contributed by atoms with E-state index in [0.717, 1.165) is 11.3 Å². The van der Waals surface area contributed by atoms with Gasteiger partial charge >= 0.3 is 5.97 Å². The number of amides is 2. The number of thiophene rings is 1. The highest BCUT2D eigenvalue weighted by Gasteiger charge is 2.37. The van der Waals surface area contributed by atoms with Crippen LogP contribution in [0.2, 0.25) is 5.02 Å². The van der Waals surface area contributed by atoms with E-state index in [1.165, 1.54) is 12.1 Å². The third-order valence-corrected chi connectivity index (χ3v) is 5.95. The number of benzene rings is 2. The first-order valence-corrected chi connectivity index (χ1v) is 10.1. The predicted molar refractivity (Wildman–Crippen MR) is 110 cm³/mol. The summed E-state index contributed by atoms with van der Waals surface area (Å²) in [6.45, 7) is 1.39. The van der Waals surface area contributed by atoms with Crippen LogP contribution in [0.5, 0.6) is 0 Å². The lowest BCUT2D eigenvalue weighted by atomic mass is 10.1. The van der Waals surface area contributed by atoms with Crippen molar-refractivity contribution in [2.45, 2.75) is 13.5 Å². The SMILES string of the molecule is CCOC(=O)C(=O)c1sc2cc(Cl)ccc2c1CON1C(=O)c2ccccc2C1=O.